The van der Waals surface area contributed by atoms with Crippen LogP contribution < -0.4 is 10.5 Å². The zero-order valence-electron chi connectivity index (χ0n) is 13.9. The van der Waals surface area contributed by atoms with E-state index in [2.05, 4.69) is 0 Å². The smallest absolute Gasteiger partial charge is 0.343 e. The molecule has 0 heterocycles. The maximum atomic E-state index is 12.4. The molecule has 3 N–H and O–H groups in total. The van der Waals surface area contributed by atoms with Crippen LogP contribution in [0.3, 0.4) is 0 Å². The number of carbonyl (C=O) groups excluding carboxylic acids is 1. The van der Waals surface area contributed by atoms with E-state index in [0.29, 0.717) is 17.5 Å². The summed E-state index contributed by atoms with van der Waals surface area (Å²) in [7, 11) is 0. The van der Waals surface area contributed by atoms with Crippen molar-refractivity contribution in [3.8, 4) is 5.75 Å². The third-order valence-corrected chi connectivity index (χ3v) is 3.93. The standard InChI is InChI=1S/C21H17NO4/c22-18-12-16(20(23)24)13-19(17(18)11-14-7-3-1-4-8-14)26-21(25)15-9-5-2-6-10-15/h1-10,12-13H,11,22H2,(H,23,24). The maximum absolute atomic E-state index is 12.4. The number of hydrogen-bond acceptors (Lipinski definition) is 4. The number of nitrogens with two attached hydrogens (primary N) is 1. The fourth-order valence-electron chi connectivity index (χ4n) is 2.60. The number of hydrogen-bond donors (Lipinski definition) is 2. The van der Waals surface area contributed by atoms with Gasteiger partial charge < -0.3 is 15.6 Å². The van der Waals surface area contributed by atoms with E-state index >= 15 is 0 Å². The molecule has 0 saturated heterocycles. The van der Waals surface area contributed by atoms with Gasteiger partial charge in [0.25, 0.3) is 0 Å². The molecule has 0 unspecified atom stereocenters. The summed E-state index contributed by atoms with van der Waals surface area (Å²) >= 11 is 0. The Morgan fingerprint density at radius 3 is 2.12 bits per heavy atom. The van der Waals surface area contributed by atoms with Crippen molar-refractivity contribution in [2.24, 2.45) is 0 Å². The van der Waals surface area contributed by atoms with Gasteiger partial charge in [-0.25, -0.2) is 9.59 Å². The molecule has 0 aliphatic rings. The molecule has 0 aliphatic heterocycles. The average molecular weight is 347 g/mol. The van der Waals surface area contributed by atoms with Crippen molar-refractivity contribution in [2.75, 3.05) is 5.73 Å². The monoisotopic (exact) mass is 347 g/mol. The molecule has 0 radical (unpaired) electrons. The SMILES string of the molecule is Nc1cc(C(=O)O)cc(OC(=O)c2ccccc2)c1Cc1ccccc1. The zero-order chi connectivity index (χ0) is 18.5. The van der Waals surface area contributed by atoms with Gasteiger partial charge in [0.05, 0.1) is 11.1 Å². The minimum atomic E-state index is -1.14. The first-order chi connectivity index (χ1) is 12.5. The Hall–Kier alpha value is -3.60. The van der Waals surface area contributed by atoms with Crippen LogP contribution in [0.2, 0.25) is 0 Å². The lowest BCUT2D eigenvalue weighted by atomic mass is 10.00. The second-order valence-corrected chi connectivity index (χ2v) is 5.77. The molecule has 130 valence electrons. The Morgan fingerprint density at radius 1 is 0.885 bits per heavy atom. The van der Waals surface area contributed by atoms with Gasteiger partial charge in [0.15, 0.2) is 0 Å². The highest BCUT2D eigenvalue weighted by atomic mass is 16.5. The van der Waals surface area contributed by atoms with Crippen LogP contribution in [-0.4, -0.2) is 17.0 Å². The van der Waals surface area contributed by atoms with Crippen molar-refractivity contribution in [3.63, 3.8) is 0 Å². The molecule has 26 heavy (non-hydrogen) atoms. The van der Waals surface area contributed by atoms with Crippen LogP contribution in [0.5, 0.6) is 5.75 Å². The maximum Gasteiger partial charge on any atom is 0.343 e. The molecule has 3 aromatic carbocycles. The van der Waals surface area contributed by atoms with Gasteiger partial charge in [-0.05, 0) is 29.8 Å². The van der Waals surface area contributed by atoms with Crippen molar-refractivity contribution < 1.29 is 19.4 Å². The Balaban J connectivity index is 2.00. The molecule has 5 nitrogen and oxygen atoms in total. The largest absolute Gasteiger partial charge is 0.478 e. The minimum Gasteiger partial charge on any atom is -0.478 e. The van der Waals surface area contributed by atoms with Gasteiger partial charge >= 0.3 is 11.9 Å². The van der Waals surface area contributed by atoms with Crippen LogP contribution in [-0.2, 0) is 6.42 Å². The first kappa shape index (κ1) is 17.2. The highest BCUT2D eigenvalue weighted by Crippen LogP contribution is 2.30. The van der Waals surface area contributed by atoms with Gasteiger partial charge in [0, 0.05) is 17.7 Å². The molecule has 3 aromatic rings. The Labute approximate surface area is 150 Å². The van der Waals surface area contributed by atoms with Gasteiger partial charge in [-0.1, -0.05) is 48.5 Å². The van der Waals surface area contributed by atoms with Crippen LogP contribution in [0.4, 0.5) is 5.69 Å². The number of carboxylic acids is 1. The summed E-state index contributed by atoms with van der Waals surface area (Å²) in [5.41, 5.74) is 8.22. The first-order valence-electron chi connectivity index (χ1n) is 8.01. The summed E-state index contributed by atoms with van der Waals surface area (Å²) < 4.78 is 5.49. The molecule has 3 rings (SSSR count). The van der Waals surface area contributed by atoms with Crippen molar-refractivity contribution in [1.29, 1.82) is 0 Å². The normalized spacial score (nSPS) is 10.3. The number of carboxylic acid groups (broad SMARTS) is 1. The zero-order valence-corrected chi connectivity index (χ0v) is 13.9. The van der Waals surface area contributed by atoms with Crippen LogP contribution in [0.15, 0.2) is 72.8 Å². The number of esters is 1. The van der Waals surface area contributed by atoms with Crippen LogP contribution in [0, 0.1) is 0 Å². The molecule has 0 fully saturated rings. The number of ether oxygens (including phenoxy) is 1. The van der Waals surface area contributed by atoms with Crippen LogP contribution in [0.1, 0.15) is 31.8 Å². The van der Waals surface area contributed by atoms with E-state index in [9.17, 15) is 14.7 Å². The van der Waals surface area contributed by atoms with Gasteiger partial charge in [0.2, 0.25) is 0 Å². The van der Waals surface area contributed by atoms with E-state index < -0.39 is 11.9 Å². The first-order valence-corrected chi connectivity index (χ1v) is 8.01. The second kappa shape index (κ2) is 7.53. The van der Waals surface area contributed by atoms with Crippen LogP contribution in [0.25, 0.3) is 0 Å². The predicted molar refractivity (Wildman–Crippen MR) is 98.5 cm³/mol. The molecule has 0 aromatic heterocycles. The summed E-state index contributed by atoms with van der Waals surface area (Å²) in [5, 5.41) is 9.27. The minimum absolute atomic E-state index is 0.0322. The Kier molecular flexibility index (Phi) is 4.99. The van der Waals surface area contributed by atoms with Gasteiger partial charge in [0.1, 0.15) is 5.75 Å². The third-order valence-electron chi connectivity index (χ3n) is 3.93. The van der Waals surface area contributed by atoms with Gasteiger partial charge in [-0.15, -0.1) is 0 Å². The molecule has 0 amide bonds. The number of aromatic carboxylic acids is 1. The molecule has 0 aliphatic carbocycles. The topological polar surface area (TPSA) is 89.6 Å². The molecule has 0 bridgehead atoms. The van der Waals surface area contributed by atoms with Gasteiger partial charge in [-0.2, -0.15) is 0 Å². The summed E-state index contributed by atoms with van der Waals surface area (Å²) in [4.78, 5) is 23.7. The molecular weight excluding hydrogens is 330 g/mol. The fourth-order valence-corrected chi connectivity index (χ4v) is 2.60. The summed E-state index contributed by atoms with van der Waals surface area (Å²) in [6, 6.07) is 20.7. The molecule has 0 saturated carbocycles. The fraction of sp³-hybridized carbons (Fsp3) is 0.0476. The number of anilines is 1. The van der Waals surface area contributed by atoms with E-state index in [-0.39, 0.29) is 17.0 Å². The van der Waals surface area contributed by atoms with Crippen LogP contribution >= 0.6 is 0 Å². The highest BCUT2D eigenvalue weighted by molar-refractivity contribution is 5.93. The van der Waals surface area contributed by atoms with E-state index in [0.717, 1.165) is 5.56 Å². The van der Waals surface area contributed by atoms with Gasteiger partial charge in [-0.3, -0.25) is 0 Å². The third kappa shape index (κ3) is 3.89. The second-order valence-electron chi connectivity index (χ2n) is 5.77. The van der Waals surface area contributed by atoms with E-state index in [1.54, 1.807) is 30.3 Å². The molecule has 5 heteroatoms. The molecular formula is C21H17NO4. The predicted octanol–water partition coefficient (Wildman–Crippen LogP) is 3.78. The highest BCUT2D eigenvalue weighted by Gasteiger charge is 2.18. The van der Waals surface area contributed by atoms with E-state index in [1.807, 2.05) is 30.3 Å². The number of nitrogen functional groups attached to an aromatic ring is 1. The number of rotatable bonds is 5. The quantitative estimate of drug-likeness (QED) is 0.416. The van der Waals surface area contributed by atoms with E-state index in [1.165, 1.54) is 12.1 Å². The summed E-state index contributed by atoms with van der Waals surface area (Å²) in [5.74, 6) is -1.55. The van der Waals surface area contributed by atoms with Crippen molar-refractivity contribution in [2.45, 2.75) is 6.42 Å². The lowest BCUT2D eigenvalue weighted by Gasteiger charge is -2.14. The average Bonchev–Trinajstić information content (AvgIpc) is 2.65. The van der Waals surface area contributed by atoms with Crippen molar-refractivity contribution >= 4 is 17.6 Å². The Morgan fingerprint density at radius 2 is 1.50 bits per heavy atom. The molecule has 0 atom stereocenters. The van der Waals surface area contributed by atoms with E-state index in [4.69, 9.17) is 10.5 Å². The number of carbonyl (C=O) groups is 2. The summed E-state index contributed by atoms with van der Waals surface area (Å²) in [6.07, 6.45) is 0.421. The summed E-state index contributed by atoms with van der Waals surface area (Å²) in [6.45, 7) is 0. The van der Waals surface area contributed by atoms with Crippen molar-refractivity contribution in [1.82, 2.24) is 0 Å². The Bertz CT molecular complexity index is 937. The van der Waals surface area contributed by atoms with Crippen molar-refractivity contribution in [3.05, 3.63) is 95.1 Å². The molecule has 0 spiro atoms. The lowest BCUT2D eigenvalue weighted by molar-refractivity contribution is 0.0687. The lowest BCUT2D eigenvalue weighted by Crippen LogP contribution is -2.12. The number of benzene rings is 3.